The van der Waals surface area contributed by atoms with E-state index in [1.54, 1.807) is 26.3 Å². The Morgan fingerprint density at radius 3 is 2.38 bits per heavy atom. The van der Waals surface area contributed by atoms with Crippen LogP contribution in [-0.2, 0) is 9.59 Å². The molecule has 5 nitrogen and oxygen atoms in total. The minimum atomic E-state index is -0.991. The zero-order chi connectivity index (χ0) is 10.3. The maximum Gasteiger partial charge on any atom is 0.268 e. The number of carbonyl (C=O) groups is 2. The standard InChI is InChI=1S/C8H14N2O3/c1-7(2)4-8(3,6(12)10-13)9-5(7)11/h13H,4H2,1-3H3,(H,9,11)(H,10,12). The summed E-state index contributed by atoms with van der Waals surface area (Å²) in [4.78, 5) is 22.6. The van der Waals surface area contributed by atoms with Crippen LogP contribution in [0.5, 0.6) is 0 Å². The zero-order valence-corrected chi connectivity index (χ0v) is 7.97. The molecule has 0 aliphatic carbocycles. The maximum absolute atomic E-state index is 11.4. The van der Waals surface area contributed by atoms with Gasteiger partial charge < -0.3 is 5.32 Å². The molecule has 5 heteroatoms. The highest BCUT2D eigenvalue weighted by Gasteiger charge is 2.50. The third-order valence-corrected chi connectivity index (χ3v) is 2.40. The molecule has 1 aliphatic heterocycles. The summed E-state index contributed by atoms with van der Waals surface area (Å²) in [5.41, 5.74) is 0.00704. The van der Waals surface area contributed by atoms with Gasteiger partial charge in [-0.1, -0.05) is 13.8 Å². The molecule has 0 aromatic carbocycles. The topological polar surface area (TPSA) is 78.4 Å². The Hall–Kier alpha value is -1.10. The molecule has 0 aromatic heterocycles. The van der Waals surface area contributed by atoms with Gasteiger partial charge in [0.25, 0.3) is 5.91 Å². The zero-order valence-electron chi connectivity index (χ0n) is 7.97. The summed E-state index contributed by atoms with van der Waals surface area (Å²) in [6.45, 7) is 5.11. The summed E-state index contributed by atoms with van der Waals surface area (Å²) in [5.74, 6) is -0.745. The first-order valence-electron chi connectivity index (χ1n) is 4.09. The molecule has 1 atom stereocenters. The van der Waals surface area contributed by atoms with Gasteiger partial charge in [-0.3, -0.25) is 14.8 Å². The molecule has 0 radical (unpaired) electrons. The average molecular weight is 186 g/mol. The van der Waals surface area contributed by atoms with E-state index in [0.29, 0.717) is 6.42 Å². The molecule has 0 spiro atoms. The highest BCUT2D eigenvalue weighted by Crippen LogP contribution is 2.34. The van der Waals surface area contributed by atoms with Gasteiger partial charge in [0.15, 0.2) is 0 Å². The molecule has 1 rings (SSSR count). The molecule has 1 saturated heterocycles. The van der Waals surface area contributed by atoms with Crippen LogP contribution in [-0.4, -0.2) is 22.6 Å². The molecule has 1 heterocycles. The van der Waals surface area contributed by atoms with Crippen molar-refractivity contribution >= 4 is 11.8 Å². The summed E-state index contributed by atoms with van der Waals surface area (Å²) in [6, 6.07) is 0. The lowest BCUT2D eigenvalue weighted by atomic mass is 9.84. The van der Waals surface area contributed by atoms with E-state index in [9.17, 15) is 9.59 Å². The number of carbonyl (C=O) groups excluding carboxylic acids is 2. The van der Waals surface area contributed by atoms with Gasteiger partial charge in [-0.15, -0.1) is 0 Å². The van der Waals surface area contributed by atoms with Crippen molar-refractivity contribution in [3.05, 3.63) is 0 Å². The molecule has 13 heavy (non-hydrogen) atoms. The molecular formula is C8H14N2O3. The fraction of sp³-hybridized carbons (Fsp3) is 0.750. The second-order valence-electron chi connectivity index (χ2n) is 4.29. The number of hydrogen-bond donors (Lipinski definition) is 3. The Kier molecular flexibility index (Phi) is 2.07. The van der Waals surface area contributed by atoms with Crippen LogP contribution in [0.4, 0.5) is 0 Å². The van der Waals surface area contributed by atoms with Crippen molar-refractivity contribution in [1.82, 2.24) is 10.8 Å². The minimum Gasteiger partial charge on any atom is -0.341 e. The van der Waals surface area contributed by atoms with Crippen molar-refractivity contribution in [2.24, 2.45) is 5.41 Å². The summed E-state index contributed by atoms with van der Waals surface area (Å²) in [7, 11) is 0. The number of amides is 2. The summed E-state index contributed by atoms with van der Waals surface area (Å²) >= 11 is 0. The van der Waals surface area contributed by atoms with Crippen molar-refractivity contribution in [2.75, 3.05) is 0 Å². The second-order valence-corrected chi connectivity index (χ2v) is 4.29. The normalized spacial score (nSPS) is 31.2. The van der Waals surface area contributed by atoms with Crippen LogP contribution in [0.25, 0.3) is 0 Å². The molecule has 0 aromatic rings. The third kappa shape index (κ3) is 1.51. The van der Waals surface area contributed by atoms with Gasteiger partial charge in [0.1, 0.15) is 5.54 Å². The van der Waals surface area contributed by atoms with Gasteiger partial charge in [0.05, 0.1) is 0 Å². The maximum atomic E-state index is 11.4. The molecule has 1 aliphatic rings. The fourth-order valence-electron chi connectivity index (χ4n) is 1.69. The molecular weight excluding hydrogens is 172 g/mol. The van der Waals surface area contributed by atoms with Gasteiger partial charge >= 0.3 is 0 Å². The lowest BCUT2D eigenvalue weighted by molar-refractivity contribution is -0.136. The molecule has 2 amide bonds. The van der Waals surface area contributed by atoms with Crippen LogP contribution in [0.15, 0.2) is 0 Å². The Labute approximate surface area is 76.5 Å². The molecule has 1 fully saturated rings. The molecule has 3 N–H and O–H groups in total. The number of hydroxylamine groups is 1. The minimum absolute atomic E-state index is 0.168. The van der Waals surface area contributed by atoms with E-state index in [1.807, 2.05) is 0 Å². The molecule has 0 saturated carbocycles. The van der Waals surface area contributed by atoms with Crippen LogP contribution in [0, 0.1) is 5.41 Å². The highest BCUT2D eigenvalue weighted by atomic mass is 16.5. The Bertz CT molecular complexity index is 262. The lowest BCUT2D eigenvalue weighted by Crippen LogP contribution is -2.51. The third-order valence-electron chi connectivity index (χ3n) is 2.40. The van der Waals surface area contributed by atoms with E-state index in [1.165, 1.54) is 0 Å². The van der Waals surface area contributed by atoms with Gasteiger partial charge in [-0.2, -0.15) is 0 Å². The SMILES string of the molecule is CC1(C)CC(C)(C(=O)NO)NC1=O. The van der Waals surface area contributed by atoms with E-state index < -0.39 is 16.9 Å². The van der Waals surface area contributed by atoms with Crippen LogP contribution in [0.2, 0.25) is 0 Å². The Morgan fingerprint density at radius 1 is 1.54 bits per heavy atom. The van der Waals surface area contributed by atoms with Crippen LogP contribution in [0.3, 0.4) is 0 Å². The second kappa shape index (κ2) is 2.70. The molecule has 0 bridgehead atoms. The smallest absolute Gasteiger partial charge is 0.268 e. The largest absolute Gasteiger partial charge is 0.341 e. The predicted molar refractivity (Wildman–Crippen MR) is 44.9 cm³/mol. The van der Waals surface area contributed by atoms with Crippen LogP contribution >= 0.6 is 0 Å². The number of hydrogen-bond acceptors (Lipinski definition) is 3. The van der Waals surface area contributed by atoms with Crippen molar-refractivity contribution in [3.8, 4) is 0 Å². The lowest BCUT2D eigenvalue weighted by Gasteiger charge is -2.21. The first-order chi connectivity index (χ1) is 5.82. The highest BCUT2D eigenvalue weighted by molar-refractivity contribution is 5.96. The number of rotatable bonds is 1. The van der Waals surface area contributed by atoms with Gasteiger partial charge in [-0.25, -0.2) is 5.48 Å². The summed E-state index contributed by atoms with van der Waals surface area (Å²) < 4.78 is 0. The van der Waals surface area contributed by atoms with Crippen molar-refractivity contribution in [3.63, 3.8) is 0 Å². The van der Waals surface area contributed by atoms with Crippen LogP contribution in [0.1, 0.15) is 27.2 Å². The first-order valence-corrected chi connectivity index (χ1v) is 4.09. The average Bonchev–Trinajstić information content (AvgIpc) is 2.21. The van der Waals surface area contributed by atoms with Crippen molar-refractivity contribution in [1.29, 1.82) is 0 Å². The predicted octanol–water partition coefficient (Wildman–Crippen LogP) is -0.203. The quantitative estimate of drug-likeness (QED) is 0.392. The number of nitrogens with one attached hydrogen (secondary N) is 2. The molecule has 74 valence electrons. The van der Waals surface area contributed by atoms with E-state index in [0.717, 1.165) is 0 Å². The van der Waals surface area contributed by atoms with Gasteiger partial charge in [0, 0.05) is 5.41 Å². The van der Waals surface area contributed by atoms with E-state index >= 15 is 0 Å². The monoisotopic (exact) mass is 186 g/mol. The van der Waals surface area contributed by atoms with Gasteiger partial charge in [-0.05, 0) is 13.3 Å². The summed E-state index contributed by atoms with van der Waals surface area (Å²) in [5, 5.41) is 11.0. The van der Waals surface area contributed by atoms with E-state index in [2.05, 4.69) is 5.32 Å². The van der Waals surface area contributed by atoms with E-state index in [4.69, 9.17) is 5.21 Å². The van der Waals surface area contributed by atoms with Crippen molar-refractivity contribution < 1.29 is 14.8 Å². The summed E-state index contributed by atoms with van der Waals surface area (Å²) in [6.07, 6.45) is 0.380. The Morgan fingerprint density at radius 2 is 2.08 bits per heavy atom. The molecule has 1 unspecified atom stereocenters. The fourth-order valence-corrected chi connectivity index (χ4v) is 1.69. The van der Waals surface area contributed by atoms with Gasteiger partial charge in [0.2, 0.25) is 5.91 Å². The van der Waals surface area contributed by atoms with Crippen LogP contribution < -0.4 is 10.8 Å². The first kappa shape index (κ1) is 9.98. The Balaban J connectivity index is 2.88. The van der Waals surface area contributed by atoms with Crippen molar-refractivity contribution in [2.45, 2.75) is 32.7 Å². The van der Waals surface area contributed by atoms with E-state index in [-0.39, 0.29) is 5.91 Å².